The molecule has 0 aromatic rings. The number of carbonyl (C=O) groups is 1. The van der Waals surface area contributed by atoms with Gasteiger partial charge in [0, 0.05) is 12.3 Å². The molecule has 28 heavy (non-hydrogen) atoms. The number of rotatable bonds is 18. The van der Waals surface area contributed by atoms with Crippen LogP contribution in [0.15, 0.2) is 0 Å². The zero-order valence-corrected chi connectivity index (χ0v) is 18.8. The molecule has 0 spiro atoms. The van der Waals surface area contributed by atoms with Crippen LogP contribution in [0.3, 0.4) is 0 Å². The van der Waals surface area contributed by atoms with Crippen molar-refractivity contribution in [3.63, 3.8) is 0 Å². The van der Waals surface area contributed by atoms with Crippen LogP contribution in [-0.2, 0) is 9.53 Å². The summed E-state index contributed by atoms with van der Waals surface area (Å²) >= 11 is 0. The molecule has 2 nitrogen and oxygen atoms in total. The number of ether oxygens (including phenoxy) is 1. The van der Waals surface area contributed by atoms with E-state index in [-0.39, 0.29) is 0 Å². The average Bonchev–Trinajstić information content (AvgIpc) is 2.71. The Morgan fingerprint density at radius 2 is 1.00 bits per heavy atom. The van der Waals surface area contributed by atoms with E-state index in [1.807, 2.05) is 0 Å². The molecule has 0 radical (unpaired) electrons. The number of unbranched alkanes of at least 4 members (excludes halogenated alkanes) is 18. The van der Waals surface area contributed by atoms with Crippen molar-refractivity contribution >= 4 is 5.97 Å². The Labute approximate surface area is 175 Å². The molecule has 0 saturated heterocycles. The first-order chi connectivity index (χ1) is 13.8. The van der Waals surface area contributed by atoms with Crippen LogP contribution in [0, 0.1) is 23.7 Å². The Morgan fingerprint density at radius 1 is 0.607 bits per heavy atom. The summed E-state index contributed by atoms with van der Waals surface area (Å²) < 4.78 is 4.42. The molecule has 0 atom stereocenters. The van der Waals surface area contributed by atoms with Crippen LogP contribution in [0.1, 0.15) is 129 Å². The van der Waals surface area contributed by atoms with Crippen LogP contribution in [0.2, 0.25) is 0 Å². The maximum atomic E-state index is 10.8. The third-order valence-corrected chi connectivity index (χ3v) is 5.16. The van der Waals surface area contributed by atoms with Crippen LogP contribution >= 0.6 is 0 Å². The fourth-order valence-corrected chi connectivity index (χ4v) is 3.36. The highest BCUT2D eigenvalue weighted by Crippen LogP contribution is 2.14. The third kappa shape index (κ3) is 22.6. The Bertz CT molecular complexity index is 458. The molecule has 0 aromatic carbocycles. The van der Waals surface area contributed by atoms with Crippen LogP contribution in [0.4, 0.5) is 0 Å². The second-order valence-electron chi connectivity index (χ2n) is 7.80. The second-order valence-corrected chi connectivity index (χ2v) is 7.80. The van der Waals surface area contributed by atoms with Gasteiger partial charge in [-0.2, -0.15) is 0 Å². The van der Waals surface area contributed by atoms with E-state index >= 15 is 0 Å². The van der Waals surface area contributed by atoms with Crippen molar-refractivity contribution in [2.45, 2.75) is 129 Å². The fourth-order valence-electron chi connectivity index (χ4n) is 3.36. The van der Waals surface area contributed by atoms with Crippen molar-refractivity contribution in [2.75, 3.05) is 7.11 Å². The minimum Gasteiger partial charge on any atom is -0.459 e. The van der Waals surface area contributed by atoms with Crippen LogP contribution in [0.5, 0.6) is 0 Å². The SMILES string of the molecule is CCCCCCCCCCCCCCCCCCCCC#CC#CC(=O)OC. The number of methoxy groups -OCH3 is 1. The van der Waals surface area contributed by atoms with Gasteiger partial charge >= 0.3 is 5.97 Å². The average molecular weight is 389 g/mol. The molecule has 0 aromatic heterocycles. The summed E-state index contributed by atoms with van der Waals surface area (Å²) in [6.07, 6.45) is 25.9. The first-order valence-corrected chi connectivity index (χ1v) is 11.9. The Morgan fingerprint density at radius 3 is 1.39 bits per heavy atom. The van der Waals surface area contributed by atoms with Crippen LogP contribution in [0.25, 0.3) is 0 Å². The van der Waals surface area contributed by atoms with Crippen molar-refractivity contribution in [3.05, 3.63) is 0 Å². The summed E-state index contributed by atoms with van der Waals surface area (Å²) in [7, 11) is 1.32. The zero-order valence-electron chi connectivity index (χ0n) is 18.8. The van der Waals surface area contributed by atoms with Crippen molar-refractivity contribution in [2.24, 2.45) is 0 Å². The van der Waals surface area contributed by atoms with E-state index < -0.39 is 5.97 Å². The molecule has 0 bridgehead atoms. The first-order valence-electron chi connectivity index (χ1n) is 11.9. The Hall–Kier alpha value is -1.41. The highest BCUT2D eigenvalue weighted by Gasteiger charge is 1.95. The molecule has 0 unspecified atom stereocenters. The van der Waals surface area contributed by atoms with Gasteiger partial charge in [-0.25, -0.2) is 4.79 Å². The molecular weight excluding hydrogens is 344 g/mol. The minimum absolute atomic E-state index is 0.525. The normalized spacial score (nSPS) is 9.93. The maximum Gasteiger partial charge on any atom is 0.385 e. The predicted octanol–water partition coefficient (Wildman–Crippen LogP) is 7.60. The second kappa shape index (κ2) is 23.6. The van der Waals surface area contributed by atoms with E-state index in [4.69, 9.17) is 0 Å². The highest BCUT2D eigenvalue weighted by atomic mass is 16.5. The molecule has 0 heterocycles. The highest BCUT2D eigenvalue weighted by molar-refractivity contribution is 5.88. The molecular formula is C26H44O2. The monoisotopic (exact) mass is 388 g/mol. The van der Waals surface area contributed by atoms with Gasteiger partial charge in [-0.1, -0.05) is 122 Å². The first kappa shape index (κ1) is 26.6. The van der Waals surface area contributed by atoms with E-state index in [2.05, 4.69) is 35.3 Å². The van der Waals surface area contributed by atoms with E-state index in [0.717, 1.165) is 12.8 Å². The topological polar surface area (TPSA) is 26.3 Å². The van der Waals surface area contributed by atoms with Gasteiger partial charge in [0.15, 0.2) is 0 Å². The standard InChI is InChI=1S/C26H44O2/c1-3-4-5-6-7-8-9-10-11-12-13-14-15-16-17-18-19-20-21-22-23-24-25-26(27)28-2/h3-21H2,1-2H3. The molecule has 0 saturated carbocycles. The summed E-state index contributed by atoms with van der Waals surface area (Å²) in [6, 6.07) is 0. The molecule has 0 amide bonds. The van der Waals surface area contributed by atoms with Gasteiger partial charge in [-0.05, 0) is 18.3 Å². The lowest BCUT2D eigenvalue weighted by atomic mass is 10.0. The summed E-state index contributed by atoms with van der Waals surface area (Å²) in [5, 5.41) is 0. The molecule has 0 aliphatic carbocycles. The molecule has 0 fully saturated rings. The molecule has 0 rings (SSSR count). The summed E-state index contributed by atoms with van der Waals surface area (Å²) in [5.41, 5.74) is 0. The van der Waals surface area contributed by atoms with Gasteiger partial charge in [0.1, 0.15) is 0 Å². The molecule has 2 heteroatoms. The molecule has 0 aliphatic rings. The van der Waals surface area contributed by atoms with Gasteiger partial charge in [-0.3, -0.25) is 0 Å². The fraction of sp³-hybridized carbons (Fsp3) is 0.808. The summed E-state index contributed by atoms with van der Waals surface area (Å²) in [4.78, 5) is 10.8. The van der Waals surface area contributed by atoms with E-state index in [1.165, 1.54) is 116 Å². The predicted molar refractivity (Wildman–Crippen MR) is 121 cm³/mol. The largest absolute Gasteiger partial charge is 0.459 e. The Balaban J connectivity index is 3.15. The van der Waals surface area contributed by atoms with Crippen LogP contribution in [-0.4, -0.2) is 13.1 Å². The quantitative estimate of drug-likeness (QED) is 0.105. The van der Waals surface area contributed by atoms with Gasteiger partial charge in [0.05, 0.1) is 7.11 Å². The van der Waals surface area contributed by atoms with E-state index in [9.17, 15) is 4.79 Å². The lowest BCUT2D eigenvalue weighted by molar-refractivity contribution is -0.133. The number of esters is 1. The lowest BCUT2D eigenvalue weighted by Crippen LogP contribution is -1.93. The van der Waals surface area contributed by atoms with Gasteiger partial charge in [0.25, 0.3) is 0 Å². The molecule has 160 valence electrons. The molecule has 0 N–H and O–H groups in total. The third-order valence-electron chi connectivity index (χ3n) is 5.16. The van der Waals surface area contributed by atoms with Gasteiger partial charge in [0.2, 0.25) is 0 Å². The van der Waals surface area contributed by atoms with Crippen molar-refractivity contribution in [1.82, 2.24) is 0 Å². The summed E-state index contributed by atoms with van der Waals surface area (Å²) in [5.74, 6) is 9.98. The van der Waals surface area contributed by atoms with Gasteiger partial charge in [-0.15, -0.1) is 0 Å². The number of carbonyl (C=O) groups excluding carboxylic acids is 1. The van der Waals surface area contributed by atoms with E-state index in [0.29, 0.717) is 0 Å². The van der Waals surface area contributed by atoms with Crippen LogP contribution < -0.4 is 0 Å². The lowest BCUT2D eigenvalue weighted by Gasteiger charge is -2.03. The summed E-state index contributed by atoms with van der Waals surface area (Å²) in [6.45, 7) is 2.29. The minimum atomic E-state index is -0.525. The van der Waals surface area contributed by atoms with Crippen molar-refractivity contribution in [1.29, 1.82) is 0 Å². The van der Waals surface area contributed by atoms with E-state index in [1.54, 1.807) is 0 Å². The Kier molecular flexibility index (Phi) is 22.4. The molecule has 0 aliphatic heterocycles. The van der Waals surface area contributed by atoms with Gasteiger partial charge < -0.3 is 4.74 Å². The zero-order chi connectivity index (χ0) is 20.5. The van der Waals surface area contributed by atoms with Crippen molar-refractivity contribution < 1.29 is 9.53 Å². The maximum absolute atomic E-state index is 10.8. The number of hydrogen-bond acceptors (Lipinski definition) is 2. The van der Waals surface area contributed by atoms with Crippen molar-refractivity contribution in [3.8, 4) is 23.7 Å². The number of hydrogen-bond donors (Lipinski definition) is 0. The smallest absolute Gasteiger partial charge is 0.385 e.